The molecule has 3 rings (SSSR count). The molecule has 0 bridgehead atoms. The number of hydrogen-bond acceptors (Lipinski definition) is 5. The van der Waals surface area contributed by atoms with Crippen LogP contribution in [0.5, 0.6) is 5.75 Å². The predicted molar refractivity (Wildman–Crippen MR) is 115 cm³/mol. The third kappa shape index (κ3) is 6.48. The molecule has 29 heavy (non-hydrogen) atoms. The highest BCUT2D eigenvalue weighted by Gasteiger charge is 2.10. The van der Waals surface area contributed by atoms with Crippen molar-refractivity contribution in [3.8, 4) is 5.75 Å². The Bertz CT molecular complexity index is 1010. The Morgan fingerprint density at radius 2 is 1.97 bits per heavy atom. The number of carbonyl (C=O) groups excluding carboxylic acids is 2. The van der Waals surface area contributed by atoms with E-state index >= 15 is 0 Å². The van der Waals surface area contributed by atoms with E-state index in [2.05, 4.69) is 20.9 Å². The normalized spacial score (nSPS) is 10.3. The Morgan fingerprint density at radius 1 is 1.14 bits per heavy atom. The molecule has 2 aromatic carbocycles. The van der Waals surface area contributed by atoms with E-state index in [0.717, 1.165) is 11.3 Å². The van der Waals surface area contributed by atoms with Crippen LogP contribution in [0.2, 0.25) is 5.02 Å². The van der Waals surface area contributed by atoms with Crippen LogP contribution in [0.4, 0.5) is 15.6 Å². The van der Waals surface area contributed by atoms with E-state index in [1.54, 1.807) is 36.8 Å². The number of hydrogen-bond donors (Lipinski definition) is 3. The number of aromatic nitrogens is 1. The van der Waals surface area contributed by atoms with E-state index < -0.39 is 6.03 Å². The number of amides is 3. The molecule has 0 aliphatic rings. The minimum atomic E-state index is -0.435. The standard InChI is InChI=1S/C20H19ClN4O3S/c1-28-17-7-2-4-13(8-17)11-22-18(26)10-16-12-29-20(24-16)25-19(27)23-15-6-3-5-14(21)9-15/h2-9,12H,10-11H2,1H3,(H,22,26)(H2,23,24,25,27). The zero-order valence-electron chi connectivity index (χ0n) is 15.6. The summed E-state index contributed by atoms with van der Waals surface area (Å²) in [4.78, 5) is 28.5. The molecular weight excluding hydrogens is 412 g/mol. The van der Waals surface area contributed by atoms with Gasteiger partial charge in [0.15, 0.2) is 5.13 Å². The third-order valence-corrected chi connectivity index (χ3v) is 4.86. The number of urea groups is 1. The van der Waals surface area contributed by atoms with Crippen LogP contribution in [0.15, 0.2) is 53.9 Å². The number of benzene rings is 2. The lowest BCUT2D eigenvalue weighted by Gasteiger charge is -2.06. The van der Waals surface area contributed by atoms with Gasteiger partial charge in [-0.05, 0) is 35.9 Å². The molecule has 0 fully saturated rings. The van der Waals surface area contributed by atoms with Gasteiger partial charge in [0.05, 0.1) is 19.2 Å². The summed E-state index contributed by atoms with van der Waals surface area (Å²) >= 11 is 7.14. The Hall–Kier alpha value is -3.10. The van der Waals surface area contributed by atoms with E-state index in [1.165, 1.54) is 11.3 Å². The molecule has 0 spiro atoms. The minimum absolute atomic E-state index is 0.123. The molecular formula is C20H19ClN4O3S. The maximum Gasteiger partial charge on any atom is 0.325 e. The van der Waals surface area contributed by atoms with Crippen LogP contribution in [0.1, 0.15) is 11.3 Å². The number of nitrogens with one attached hydrogen (secondary N) is 3. The monoisotopic (exact) mass is 430 g/mol. The Labute approximate surface area is 177 Å². The van der Waals surface area contributed by atoms with Gasteiger partial charge in [-0.25, -0.2) is 9.78 Å². The zero-order chi connectivity index (χ0) is 20.6. The van der Waals surface area contributed by atoms with Crippen molar-refractivity contribution >= 4 is 45.7 Å². The van der Waals surface area contributed by atoms with Crippen LogP contribution in [0.3, 0.4) is 0 Å². The molecule has 0 unspecified atom stereocenters. The first-order valence-electron chi connectivity index (χ1n) is 8.69. The van der Waals surface area contributed by atoms with Crippen molar-refractivity contribution in [2.45, 2.75) is 13.0 Å². The highest BCUT2D eigenvalue weighted by atomic mass is 35.5. The smallest absolute Gasteiger partial charge is 0.325 e. The number of halogens is 1. The highest BCUT2D eigenvalue weighted by Crippen LogP contribution is 2.18. The minimum Gasteiger partial charge on any atom is -0.497 e. The molecule has 1 aromatic heterocycles. The summed E-state index contributed by atoms with van der Waals surface area (Å²) < 4.78 is 5.17. The van der Waals surface area contributed by atoms with Crippen LogP contribution in [-0.2, 0) is 17.8 Å². The average Bonchev–Trinajstić information content (AvgIpc) is 3.13. The summed E-state index contributed by atoms with van der Waals surface area (Å²) in [5.41, 5.74) is 2.09. The summed E-state index contributed by atoms with van der Waals surface area (Å²) in [7, 11) is 1.60. The van der Waals surface area contributed by atoms with Crippen LogP contribution >= 0.6 is 22.9 Å². The molecule has 0 saturated carbocycles. The van der Waals surface area contributed by atoms with Crippen molar-refractivity contribution in [1.29, 1.82) is 0 Å². The van der Waals surface area contributed by atoms with Crippen molar-refractivity contribution in [3.63, 3.8) is 0 Å². The van der Waals surface area contributed by atoms with Crippen molar-refractivity contribution in [2.24, 2.45) is 0 Å². The summed E-state index contributed by atoms with van der Waals surface area (Å²) in [6.07, 6.45) is 0.123. The number of thiazole rings is 1. The molecule has 7 nitrogen and oxygen atoms in total. The summed E-state index contributed by atoms with van der Waals surface area (Å²) in [6, 6.07) is 13.9. The molecule has 150 valence electrons. The van der Waals surface area contributed by atoms with Gasteiger partial charge in [-0.15, -0.1) is 11.3 Å². The first-order chi connectivity index (χ1) is 14.0. The second-order valence-electron chi connectivity index (χ2n) is 6.04. The molecule has 0 radical (unpaired) electrons. The Kier molecular flexibility index (Phi) is 7.04. The molecule has 0 atom stereocenters. The highest BCUT2D eigenvalue weighted by molar-refractivity contribution is 7.14. The van der Waals surface area contributed by atoms with Crippen LogP contribution in [0, 0.1) is 0 Å². The largest absolute Gasteiger partial charge is 0.497 e. The fourth-order valence-electron chi connectivity index (χ4n) is 2.48. The van der Waals surface area contributed by atoms with E-state index in [4.69, 9.17) is 16.3 Å². The van der Waals surface area contributed by atoms with E-state index in [-0.39, 0.29) is 12.3 Å². The van der Waals surface area contributed by atoms with Crippen molar-refractivity contribution in [1.82, 2.24) is 10.3 Å². The van der Waals surface area contributed by atoms with Crippen LogP contribution in [-0.4, -0.2) is 24.0 Å². The van der Waals surface area contributed by atoms with Gasteiger partial charge in [-0.3, -0.25) is 10.1 Å². The van der Waals surface area contributed by atoms with Gasteiger partial charge >= 0.3 is 6.03 Å². The van der Waals surface area contributed by atoms with Crippen molar-refractivity contribution in [2.75, 3.05) is 17.7 Å². The SMILES string of the molecule is COc1cccc(CNC(=O)Cc2csc(NC(=O)Nc3cccc(Cl)c3)n2)c1. The molecule has 3 amide bonds. The van der Waals surface area contributed by atoms with Gasteiger partial charge in [0.2, 0.25) is 5.91 Å². The topological polar surface area (TPSA) is 92.4 Å². The van der Waals surface area contributed by atoms with Gasteiger partial charge in [0.25, 0.3) is 0 Å². The predicted octanol–water partition coefficient (Wildman–Crippen LogP) is 4.31. The molecule has 3 aromatic rings. The quantitative estimate of drug-likeness (QED) is 0.520. The van der Waals surface area contributed by atoms with Gasteiger partial charge in [-0.1, -0.05) is 29.8 Å². The van der Waals surface area contributed by atoms with Gasteiger partial charge in [0.1, 0.15) is 5.75 Å². The second kappa shape index (κ2) is 9.90. The maximum absolute atomic E-state index is 12.2. The zero-order valence-corrected chi connectivity index (χ0v) is 17.1. The Morgan fingerprint density at radius 3 is 2.76 bits per heavy atom. The number of rotatable bonds is 7. The summed E-state index contributed by atoms with van der Waals surface area (Å²) in [6.45, 7) is 0.396. The lowest BCUT2D eigenvalue weighted by Crippen LogP contribution is -2.24. The number of nitrogens with zero attached hydrogens (tertiary/aromatic N) is 1. The number of ether oxygens (including phenoxy) is 1. The molecule has 9 heteroatoms. The fourth-order valence-corrected chi connectivity index (χ4v) is 3.38. The lowest BCUT2D eigenvalue weighted by atomic mass is 10.2. The van der Waals surface area contributed by atoms with Crippen LogP contribution in [0.25, 0.3) is 0 Å². The fraction of sp³-hybridized carbons (Fsp3) is 0.150. The van der Waals surface area contributed by atoms with Gasteiger partial charge < -0.3 is 15.4 Å². The van der Waals surface area contributed by atoms with Crippen LogP contribution < -0.4 is 20.7 Å². The molecule has 0 saturated heterocycles. The second-order valence-corrected chi connectivity index (χ2v) is 7.33. The Balaban J connectivity index is 1.47. The van der Waals surface area contributed by atoms with Gasteiger partial charge in [0, 0.05) is 22.6 Å². The van der Waals surface area contributed by atoms with E-state index in [0.29, 0.717) is 28.1 Å². The first-order valence-corrected chi connectivity index (χ1v) is 9.95. The lowest BCUT2D eigenvalue weighted by molar-refractivity contribution is -0.120. The molecule has 0 aliphatic heterocycles. The average molecular weight is 431 g/mol. The molecule has 3 N–H and O–H groups in total. The van der Waals surface area contributed by atoms with E-state index in [1.807, 2.05) is 24.3 Å². The molecule has 0 aliphatic carbocycles. The van der Waals surface area contributed by atoms with Gasteiger partial charge in [-0.2, -0.15) is 0 Å². The van der Waals surface area contributed by atoms with Crippen molar-refractivity contribution in [3.05, 3.63) is 70.2 Å². The summed E-state index contributed by atoms with van der Waals surface area (Å²) in [5, 5.41) is 10.8. The third-order valence-electron chi connectivity index (χ3n) is 3.82. The molecule has 1 heterocycles. The summed E-state index contributed by atoms with van der Waals surface area (Å²) in [5.74, 6) is 0.580. The number of methoxy groups -OCH3 is 1. The van der Waals surface area contributed by atoms with Crippen molar-refractivity contribution < 1.29 is 14.3 Å². The number of carbonyl (C=O) groups is 2. The number of anilines is 2. The van der Waals surface area contributed by atoms with E-state index in [9.17, 15) is 9.59 Å². The first kappa shape index (κ1) is 20.6. The maximum atomic E-state index is 12.2.